The zero-order valence-electron chi connectivity index (χ0n) is 13.7. The molecule has 0 fully saturated rings. The molecule has 1 amide bonds. The maximum Gasteiger partial charge on any atom is 0.418 e. The number of para-hydroxylation sites is 1. The van der Waals surface area contributed by atoms with Gasteiger partial charge in [-0.1, -0.05) is 18.2 Å². The van der Waals surface area contributed by atoms with Gasteiger partial charge in [0, 0.05) is 6.20 Å². The summed E-state index contributed by atoms with van der Waals surface area (Å²) in [5, 5.41) is 14.0. The lowest BCUT2D eigenvalue weighted by Gasteiger charge is -2.13. The van der Waals surface area contributed by atoms with Gasteiger partial charge in [0.25, 0.3) is 5.91 Å². The van der Waals surface area contributed by atoms with Crippen LogP contribution in [0.2, 0.25) is 0 Å². The quantitative estimate of drug-likeness (QED) is 0.436. The number of benzene rings is 2. The Balaban J connectivity index is 2.23. The van der Waals surface area contributed by atoms with Crippen LogP contribution in [0.1, 0.15) is 11.1 Å². The lowest BCUT2D eigenvalue weighted by atomic mass is 10.1. The van der Waals surface area contributed by atoms with Crippen LogP contribution >= 0.6 is 0 Å². The van der Waals surface area contributed by atoms with Crippen LogP contribution in [0.3, 0.4) is 0 Å². The van der Waals surface area contributed by atoms with E-state index in [2.05, 4.69) is 10.6 Å². The van der Waals surface area contributed by atoms with Gasteiger partial charge in [0.15, 0.2) is 0 Å². The minimum absolute atomic E-state index is 0.395. The minimum atomic E-state index is -4.63. The normalized spacial score (nSPS) is 11.6. The predicted molar refractivity (Wildman–Crippen MR) is 93.0 cm³/mol. The van der Waals surface area contributed by atoms with Gasteiger partial charge < -0.3 is 16.4 Å². The smallest absolute Gasteiger partial charge is 0.397 e. The molecule has 0 unspecified atom stereocenters. The topological polar surface area (TPSA) is 90.9 Å². The Bertz CT molecular complexity index is 898. The van der Waals surface area contributed by atoms with Gasteiger partial charge in [0.05, 0.1) is 22.6 Å². The summed E-state index contributed by atoms with van der Waals surface area (Å²) in [6.07, 6.45) is -3.54. The Morgan fingerprint density at radius 3 is 2.54 bits per heavy atom. The van der Waals surface area contributed by atoms with Crippen LogP contribution in [-0.2, 0) is 11.0 Å². The molecule has 0 aliphatic rings. The van der Waals surface area contributed by atoms with E-state index in [9.17, 15) is 18.0 Å². The van der Waals surface area contributed by atoms with Crippen LogP contribution in [0.15, 0.2) is 54.2 Å². The summed E-state index contributed by atoms with van der Waals surface area (Å²) in [5.74, 6) is -0.970. The third-order valence-corrected chi connectivity index (χ3v) is 3.43. The summed E-state index contributed by atoms with van der Waals surface area (Å²) in [6, 6.07) is 11.3. The number of nitrogens with two attached hydrogens (primary N) is 1. The van der Waals surface area contributed by atoms with Gasteiger partial charge >= 0.3 is 6.18 Å². The summed E-state index contributed by atoms with van der Waals surface area (Å²) >= 11 is 0. The maximum atomic E-state index is 13.0. The molecule has 2 aromatic carbocycles. The Morgan fingerprint density at radius 1 is 1.19 bits per heavy atom. The van der Waals surface area contributed by atoms with Crippen molar-refractivity contribution >= 4 is 23.0 Å². The molecule has 8 heteroatoms. The molecule has 0 radical (unpaired) electrons. The standard InChI is InChI=1S/C18H15F3N4O/c1-11-6-7-14(23)16(8-11)24-10-12(9-22)17(26)25-15-5-3-2-4-13(15)18(19,20)21/h2-8,10,24H,23H2,1H3,(H,25,26)/b12-10-. The van der Waals surface area contributed by atoms with Gasteiger partial charge in [-0.15, -0.1) is 0 Å². The number of nitrogens with one attached hydrogen (secondary N) is 2. The van der Waals surface area contributed by atoms with Gasteiger partial charge in [-0.25, -0.2) is 0 Å². The number of rotatable bonds is 4. The minimum Gasteiger partial charge on any atom is -0.397 e. The zero-order chi connectivity index (χ0) is 19.3. The van der Waals surface area contributed by atoms with Crippen LogP contribution < -0.4 is 16.4 Å². The number of nitriles is 1. The van der Waals surface area contributed by atoms with E-state index in [1.807, 2.05) is 6.92 Å². The van der Waals surface area contributed by atoms with Crippen LogP contribution in [0.25, 0.3) is 0 Å². The molecular weight excluding hydrogens is 345 g/mol. The Kier molecular flexibility index (Phi) is 5.52. The SMILES string of the molecule is Cc1ccc(N)c(N/C=C(/C#N)C(=O)Nc2ccccc2C(F)(F)F)c1. The van der Waals surface area contributed by atoms with Gasteiger partial charge in [-0.3, -0.25) is 4.79 Å². The monoisotopic (exact) mass is 360 g/mol. The van der Waals surface area contributed by atoms with Crippen molar-refractivity contribution < 1.29 is 18.0 Å². The summed E-state index contributed by atoms with van der Waals surface area (Å²) in [6.45, 7) is 1.83. The van der Waals surface area contributed by atoms with Gasteiger partial charge in [0.2, 0.25) is 0 Å². The Morgan fingerprint density at radius 2 is 1.88 bits per heavy atom. The Hall–Kier alpha value is -3.47. The average molecular weight is 360 g/mol. The second-order valence-corrected chi connectivity index (χ2v) is 5.40. The number of halogens is 3. The Labute approximate surface area is 147 Å². The second-order valence-electron chi connectivity index (χ2n) is 5.40. The van der Waals surface area contributed by atoms with Gasteiger partial charge in [-0.05, 0) is 36.8 Å². The van der Waals surface area contributed by atoms with E-state index in [1.54, 1.807) is 24.3 Å². The summed E-state index contributed by atoms with van der Waals surface area (Å²) in [4.78, 5) is 12.2. The first-order chi connectivity index (χ1) is 12.2. The van der Waals surface area contributed by atoms with Crippen molar-refractivity contribution in [1.82, 2.24) is 0 Å². The highest BCUT2D eigenvalue weighted by atomic mass is 19.4. The van der Waals surface area contributed by atoms with E-state index < -0.39 is 28.9 Å². The van der Waals surface area contributed by atoms with Crippen molar-refractivity contribution in [2.75, 3.05) is 16.4 Å². The third-order valence-electron chi connectivity index (χ3n) is 3.43. The highest BCUT2D eigenvalue weighted by molar-refractivity contribution is 6.07. The third kappa shape index (κ3) is 4.54. The predicted octanol–water partition coefficient (Wildman–Crippen LogP) is 4.05. The molecule has 0 aromatic heterocycles. The molecule has 0 heterocycles. The second kappa shape index (κ2) is 7.61. The molecule has 0 saturated carbocycles. The molecule has 2 rings (SSSR count). The number of carbonyl (C=O) groups is 1. The van der Waals surface area contributed by atoms with E-state index >= 15 is 0 Å². The van der Waals surface area contributed by atoms with E-state index in [-0.39, 0.29) is 0 Å². The first kappa shape index (κ1) is 18.9. The molecule has 0 aliphatic heterocycles. The van der Waals surface area contributed by atoms with Crippen molar-refractivity contribution in [1.29, 1.82) is 5.26 Å². The molecule has 2 aromatic rings. The highest BCUT2D eigenvalue weighted by Gasteiger charge is 2.33. The molecule has 0 bridgehead atoms. The van der Waals surface area contributed by atoms with E-state index in [0.717, 1.165) is 23.9 Å². The fraction of sp³-hybridized carbons (Fsp3) is 0.111. The van der Waals surface area contributed by atoms with Crippen molar-refractivity contribution in [2.45, 2.75) is 13.1 Å². The van der Waals surface area contributed by atoms with Crippen LogP contribution in [-0.4, -0.2) is 5.91 Å². The zero-order valence-corrected chi connectivity index (χ0v) is 13.7. The van der Waals surface area contributed by atoms with Crippen molar-refractivity contribution in [3.63, 3.8) is 0 Å². The molecular formula is C18H15F3N4O. The van der Waals surface area contributed by atoms with E-state index in [1.165, 1.54) is 12.1 Å². The van der Waals surface area contributed by atoms with E-state index in [4.69, 9.17) is 11.0 Å². The van der Waals surface area contributed by atoms with Crippen molar-refractivity contribution in [2.24, 2.45) is 0 Å². The lowest BCUT2D eigenvalue weighted by Crippen LogP contribution is -2.18. The number of amides is 1. The fourth-order valence-electron chi connectivity index (χ4n) is 2.12. The first-order valence-corrected chi connectivity index (χ1v) is 7.43. The molecule has 5 nitrogen and oxygen atoms in total. The average Bonchev–Trinajstić information content (AvgIpc) is 2.58. The number of anilines is 3. The molecule has 0 saturated heterocycles. The number of carbonyl (C=O) groups excluding carboxylic acids is 1. The number of hydrogen-bond donors (Lipinski definition) is 3. The molecule has 0 spiro atoms. The molecule has 4 N–H and O–H groups in total. The van der Waals surface area contributed by atoms with Crippen LogP contribution in [0.4, 0.5) is 30.2 Å². The van der Waals surface area contributed by atoms with Crippen molar-refractivity contribution in [3.05, 3.63) is 65.4 Å². The highest BCUT2D eigenvalue weighted by Crippen LogP contribution is 2.34. The van der Waals surface area contributed by atoms with Crippen LogP contribution in [0, 0.1) is 18.3 Å². The number of nitrogen functional groups attached to an aromatic ring is 1. The largest absolute Gasteiger partial charge is 0.418 e. The summed E-state index contributed by atoms with van der Waals surface area (Å²) in [7, 11) is 0. The molecule has 0 aliphatic carbocycles. The summed E-state index contributed by atoms with van der Waals surface area (Å²) in [5.41, 5.74) is 5.73. The number of aryl methyl sites for hydroxylation is 1. The number of alkyl halides is 3. The lowest BCUT2D eigenvalue weighted by molar-refractivity contribution is -0.137. The van der Waals surface area contributed by atoms with Crippen molar-refractivity contribution in [3.8, 4) is 6.07 Å². The molecule has 0 atom stereocenters. The first-order valence-electron chi connectivity index (χ1n) is 7.43. The molecule has 26 heavy (non-hydrogen) atoms. The maximum absolute atomic E-state index is 13.0. The number of nitrogens with zero attached hydrogens (tertiary/aromatic N) is 1. The van der Waals surface area contributed by atoms with Gasteiger partial charge in [-0.2, -0.15) is 18.4 Å². The van der Waals surface area contributed by atoms with E-state index in [0.29, 0.717) is 11.4 Å². The fourth-order valence-corrected chi connectivity index (χ4v) is 2.12. The molecule has 134 valence electrons. The number of hydrogen-bond acceptors (Lipinski definition) is 4. The summed E-state index contributed by atoms with van der Waals surface area (Å²) < 4.78 is 38.9. The van der Waals surface area contributed by atoms with Gasteiger partial charge in [0.1, 0.15) is 11.6 Å². The van der Waals surface area contributed by atoms with Crippen LogP contribution in [0.5, 0.6) is 0 Å².